The summed E-state index contributed by atoms with van der Waals surface area (Å²) in [7, 11) is 5.26. The van der Waals surface area contributed by atoms with E-state index < -0.39 is 0 Å². The first-order valence-electron chi connectivity index (χ1n) is 10.9. The van der Waals surface area contributed by atoms with E-state index >= 15 is 0 Å². The van der Waals surface area contributed by atoms with E-state index in [2.05, 4.69) is 47.7 Å². The summed E-state index contributed by atoms with van der Waals surface area (Å²) < 4.78 is 6.03. The summed E-state index contributed by atoms with van der Waals surface area (Å²) in [5.41, 5.74) is 4.06. The number of halogens is 1. The minimum atomic E-state index is 0. The van der Waals surface area contributed by atoms with Crippen LogP contribution in [0.15, 0.2) is 47.5 Å². The molecule has 176 valence electrons. The quantitative estimate of drug-likeness (QED) is 0.193. The number of amides is 1. The number of aliphatic imine (C=N–C) groups is 1. The monoisotopic (exact) mass is 552 g/mol. The van der Waals surface area contributed by atoms with E-state index in [1.54, 1.807) is 26.0 Å². The Kier molecular flexibility index (Phi) is 12.8. The maximum Gasteiger partial charge on any atom is 0.253 e. The van der Waals surface area contributed by atoms with Crippen molar-refractivity contribution in [2.75, 3.05) is 27.7 Å². The van der Waals surface area contributed by atoms with Gasteiger partial charge < -0.3 is 20.3 Å². The minimum absolute atomic E-state index is 0. The molecule has 0 radical (unpaired) electrons. The van der Waals surface area contributed by atoms with Crippen LogP contribution in [0.5, 0.6) is 5.75 Å². The van der Waals surface area contributed by atoms with Crippen LogP contribution in [0.25, 0.3) is 0 Å². The largest absolute Gasteiger partial charge is 0.493 e. The van der Waals surface area contributed by atoms with Crippen molar-refractivity contribution in [3.05, 3.63) is 64.7 Å². The third-order valence-electron chi connectivity index (χ3n) is 4.97. The molecule has 2 rings (SSSR count). The van der Waals surface area contributed by atoms with Crippen molar-refractivity contribution in [3.8, 4) is 5.75 Å². The van der Waals surface area contributed by atoms with Gasteiger partial charge in [-0.2, -0.15) is 0 Å². The summed E-state index contributed by atoms with van der Waals surface area (Å²) in [6.07, 6.45) is 3.43. The van der Waals surface area contributed by atoms with Gasteiger partial charge in [-0.05, 0) is 42.7 Å². The van der Waals surface area contributed by atoms with Gasteiger partial charge >= 0.3 is 0 Å². The van der Waals surface area contributed by atoms with Gasteiger partial charge in [0.2, 0.25) is 0 Å². The fraction of sp³-hybridized carbons (Fsp3) is 0.440. The number of rotatable bonds is 10. The zero-order valence-electron chi connectivity index (χ0n) is 19.9. The van der Waals surface area contributed by atoms with Gasteiger partial charge in [0.1, 0.15) is 5.75 Å². The van der Waals surface area contributed by atoms with Crippen molar-refractivity contribution in [3.63, 3.8) is 0 Å². The molecule has 0 atom stereocenters. The number of carbonyl (C=O) groups is 1. The summed E-state index contributed by atoms with van der Waals surface area (Å²) in [6.45, 7) is 6.25. The molecule has 7 heteroatoms. The van der Waals surface area contributed by atoms with Crippen molar-refractivity contribution in [2.45, 2.75) is 46.2 Å². The van der Waals surface area contributed by atoms with Crippen LogP contribution in [-0.2, 0) is 13.1 Å². The highest BCUT2D eigenvalue weighted by molar-refractivity contribution is 14.0. The Labute approximate surface area is 209 Å². The second-order valence-corrected chi connectivity index (χ2v) is 7.84. The Morgan fingerprint density at radius 3 is 2.34 bits per heavy atom. The number of hydrogen-bond donors (Lipinski definition) is 2. The molecule has 2 N–H and O–H groups in total. The zero-order chi connectivity index (χ0) is 22.6. The Morgan fingerprint density at radius 2 is 1.72 bits per heavy atom. The van der Waals surface area contributed by atoms with Gasteiger partial charge in [0, 0.05) is 45.4 Å². The molecule has 2 aromatic carbocycles. The second-order valence-electron chi connectivity index (χ2n) is 7.84. The Hall–Kier alpha value is -2.29. The first kappa shape index (κ1) is 27.7. The van der Waals surface area contributed by atoms with Crippen LogP contribution in [0, 0.1) is 6.92 Å². The standard InChI is InChI=1S/C25H36N4O2.HI/c1-6-7-8-15-31-23-16-19(2)9-12-22(23)18-28-25(26-3)27-17-20-10-13-21(14-11-20)24(30)29(4)5;/h9-14,16H,6-8,15,17-18H2,1-5H3,(H2,26,27,28);1H. The van der Waals surface area contributed by atoms with Crippen molar-refractivity contribution in [2.24, 2.45) is 4.99 Å². The molecule has 0 saturated carbocycles. The van der Waals surface area contributed by atoms with E-state index in [-0.39, 0.29) is 29.9 Å². The maximum atomic E-state index is 12.0. The van der Waals surface area contributed by atoms with Crippen LogP contribution < -0.4 is 15.4 Å². The van der Waals surface area contributed by atoms with Crippen molar-refractivity contribution in [1.29, 1.82) is 0 Å². The number of nitrogens with zero attached hydrogens (tertiary/aromatic N) is 2. The summed E-state index contributed by atoms with van der Waals surface area (Å²) >= 11 is 0. The molecule has 0 aliphatic rings. The van der Waals surface area contributed by atoms with Gasteiger partial charge in [0.25, 0.3) is 5.91 Å². The number of nitrogens with one attached hydrogen (secondary N) is 2. The fourth-order valence-electron chi connectivity index (χ4n) is 3.09. The molecule has 2 aromatic rings. The van der Waals surface area contributed by atoms with Crippen LogP contribution in [0.1, 0.15) is 53.2 Å². The summed E-state index contributed by atoms with van der Waals surface area (Å²) in [5, 5.41) is 6.68. The molecule has 0 aliphatic carbocycles. The van der Waals surface area contributed by atoms with Gasteiger partial charge in [0.15, 0.2) is 5.96 Å². The van der Waals surface area contributed by atoms with E-state index in [0.29, 0.717) is 24.6 Å². The molecule has 0 spiro atoms. The van der Waals surface area contributed by atoms with E-state index in [4.69, 9.17) is 4.74 Å². The smallest absolute Gasteiger partial charge is 0.253 e. The highest BCUT2D eigenvalue weighted by Gasteiger charge is 2.08. The number of benzene rings is 2. The SMILES string of the molecule is CCCCCOc1cc(C)ccc1CNC(=NC)NCc1ccc(C(=O)N(C)C)cc1.I. The first-order valence-corrected chi connectivity index (χ1v) is 10.9. The van der Waals surface area contributed by atoms with Gasteiger partial charge in [-0.3, -0.25) is 9.79 Å². The molecule has 0 aromatic heterocycles. The first-order chi connectivity index (χ1) is 14.9. The normalized spacial score (nSPS) is 10.8. The Bertz CT molecular complexity index is 867. The lowest BCUT2D eigenvalue weighted by molar-refractivity contribution is 0.0827. The lowest BCUT2D eigenvalue weighted by atomic mass is 10.1. The molecular formula is C25H37IN4O2. The Balaban J connectivity index is 0.00000512. The second kappa shape index (κ2) is 14.7. The van der Waals surface area contributed by atoms with E-state index in [1.807, 2.05) is 24.3 Å². The van der Waals surface area contributed by atoms with Crippen LogP contribution in [0.2, 0.25) is 0 Å². The third kappa shape index (κ3) is 9.06. The Morgan fingerprint density at radius 1 is 1.03 bits per heavy atom. The van der Waals surface area contributed by atoms with Gasteiger partial charge in [-0.25, -0.2) is 0 Å². The molecule has 0 fully saturated rings. The summed E-state index contributed by atoms with van der Waals surface area (Å²) in [5.74, 6) is 1.65. The zero-order valence-corrected chi connectivity index (χ0v) is 22.2. The number of hydrogen-bond acceptors (Lipinski definition) is 3. The maximum absolute atomic E-state index is 12.0. The molecule has 32 heavy (non-hydrogen) atoms. The van der Waals surface area contributed by atoms with Crippen LogP contribution in [0.4, 0.5) is 0 Å². The predicted molar refractivity (Wildman–Crippen MR) is 143 cm³/mol. The molecule has 0 aliphatic heterocycles. The minimum Gasteiger partial charge on any atom is -0.493 e. The number of aryl methyl sites for hydroxylation is 1. The highest BCUT2D eigenvalue weighted by Crippen LogP contribution is 2.20. The van der Waals surface area contributed by atoms with Crippen molar-refractivity contribution < 1.29 is 9.53 Å². The molecular weight excluding hydrogens is 515 g/mol. The van der Waals surface area contributed by atoms with Gasteiger partial charge in [-0.15, -0.1) is 24.0 Å². The topological polar surface area (TPSA) is 66.0 Å². The van der Waals surface area contributed by atoms with Crippen LogP contribution >= 0.6 is 24.0 Å². The van der Waals surface area contributed by atoms with E-state index in [9.17, 15) is 4.79 Å². The number of ether oxygens (including phenoxy) is 1. The van der Waals surface area contributed by atoms with Crippen LogP contribution in [-0.4, -0.2) is 44.5 Å². The van der Waals surface area contributed by atoms with Gasteiger partial charge in [0.05, 0.1) is 6.61 Å². The molecule has 0 bridgehead atoms. The van der Waals surface area contributed by atoms with E-state index in [1.165, 1.54) is 18.4 Å². The number of unbranched alkanes of at least 4 members (excludes halogenated alkanes) is 2. The molecule has 0 heterocycles. The average molecular weight is 553 g/mol. The molecule has 1 amide bonds. The summed E-state index contributed by atoms with van der Waals surface area (Å²) in [6, 6.07) is 13.9. The number of carbonyl (C=O) groups excluding carboxylic acids is 1. The predicted octanol–water partition coefficient (Wildman–Crippen LogP) is 4.75. The fourth-order valence-corrected chi connectivity index (χ4v) is 3.09. The van der Waals surface area contributed by atoms with Crippen molar-refractivity contribution in [1.82, 2.24) is 15.5 Å². The average Bonchev–Trinajstić information content (AvgIpc) is 2.77. The molecule has 0 unspecified atom stereocenters. The summed E-state index contributed by atoms with van der Waals surface area (Å²) in [4.78, 5) is 17.9. The van der Waals surface area contributed by atoms with Crippen molar-refractivity contribution >= 4 is 35.8 Å². The van der Waals surface area contributed by atoms with E-state index in [0.717, 1.165) is 29.9 Å². The number of guanidine groups is 1. The van der Waals surface area contributed by atoms with Gasteiger partial charge in [-0.1, -0.05) is 44.0 Å². The molecule has 0 saturated heterocycles. The van der Waals surface area contributed by atoms with Crippen LogP contribution in [0.3, 0.4) is 0 Å². The lowest BCUT2D eigenvalue weighted by Crippen LogP contribution is -2.36. The third-order valence-corrected chi connectivity index (χ3v) is 4.97. The lowest BCUT2D eigenvalue weighted by Gasteiger charge is -2.16. The molecule has 6 nitrogen and oxygen atoms in total. The highest BCUT2D eigenvalue weighted by atomic mass is 127.